The largest absolute Gasteiger partial charge is 0.327 e. The lowest BCUT2D eigenvalue weighted by Crippen LogP contribution is -2.29. The van der Waals surface area contributed by atoms with Gasteiger partial charge in [-0.25, -0.2) is 4.98 Å². The first kappa shape index (κ1) is 12.5. The number of nitrogens with zero attached hydrogens (tertiary/aromatic N) is 1. The molecule has 1 aliphatic carbocycles. The first-order valence-electron chi connectivity index (χ1n) is 5.74. The molecule has 0 aromatic carbocycles. The van der Waals surface area contributed by atoms with Crippen molar-refractivity contribution >= 4 is 27.7 Å². The van der Waals surface area contributed by atoms with Crippen LogP contribution < -0.4 is 11.1 Å². The van der Waals surface area contributed by atoms with Crippen LogP contribution in [0.4, 0.5) is 5.82 Å². The Morgan fingerprint density at radius 2 is 2.41 bits per heavy atom. The number of aromatic nitrogens is 1. The summed E-state index contributed by atoms with van der Waals surface area (Å²) in [5.74, 6) is 1.10. The molecule has 5 heteroatoms. The predicted octanol–water partition coefficient (Wildman–Crippen LogP) is 2.22. The SMILES string of the molecule is Cc1cc(Br)cnc1NC(=O)CC(N)C1CC1. The van der Waals surface area contributed by atoms with Crippen LogP contribution in [0.15, 0.2) is 16.7 Å². The van der Waals surface area contributed by atoms with Gasteiger partial charge in [0.05, 0.1) is 0 Å². The summed E-state index contributed by atoms with van der Waals surface area (Å²) in [5, 5.41) is 2.80. The number of amides is 1. The van der Waals surface area contributed by atoms with Gasteiger partial charge >= 0.3 is 0 Å². The third kappa shape index (κ3) is 3.51. The molecule has 1 atom stereocenters. The summed E-state index contributed by atoms with van der Waals surface area (Å²) in [6, 6.07) is 1.91. The van der Waals surface area contributed by atoms with Crippen LogP contribution in [0.1, 0.15) is 24.8 Å². The van der Waals surface area contributed by atoms with Crippen molar-refractivity contribution in [1.29, 1.82) is 0 Å². The van der Waals surface area contributed by atoms with Crippen LogP contribution in [0.25, 0.3) is 0 Å². The molecule has 17 heavy (non-hydrogen) atoms. The minimum Gasteiger partial charge on any atom is -0.327 e. The average Bonchev–Trinajstić information content (AvgIpc) is 3.05. The standard InChI is InChI=1S/C12H16BrN3O/c1-7-4-9(13)6-15-12(7)16-11(17)5-10(14)8-2-3-8/h4,6,8,10H,2-3,5,14H2,1H3,(H,15,16,17). The summed E-state index contributed by atoms with van der Waals surface area (Å²) in [7, 11) is 0. The molecule has 0 spiro atoms. The number of nitrogens with two attached hydrogens (primary N) is 1. The van der Waals surface area contributed by atoms with Gasteiger partial charge in [0, 0.05) is 23.1 Å². The number of pyridine rings is 1. The highest BCUT2D eigenvalue weighted by molar-refractivity contribution is 9.10. The average molecular weight is 298 g/mol. The third-order valence-corrected chi connectivity index (χ3v) is 3.38. The van der Waals surface area contributed by atoms with E-state index >= 15 is 0 Å². The van der Waals surface area contributed by atoms with Crippen LogP contribution in [0.3, 0.4) is 0 Å². The highest BCUT2D eigenvalue weighted by Crippen LogP contribution is 2.32. The van der Waals surface area contributed by atoms with E-state index in [1.54, 1.807) is 6.20 Å². The Morgan fingerprint density at radius 3 is 3.00 bits per heavy atom. The van der Waals surface area contributed by atoms with Crippen molar-refractivity contribution < 1.29 is 4.79 Å². The second-order valence-electron chi connectivity index (χ2n) is 4.57. The topological polar surface area (TPSA) is 68.0 Å². The van der Waals surface area contributed by atoms with E-state index in [0.29, 0.717) is 18.2 Å². The number of carbonyl (C=O) groups is 1. The maximum absolute atomic E-state index is 11.7. The monoisotopic (exact) mass is 297 g/mol. The summed E-state index contributed by atoms with van der Waals surface area (Å²) < 4.78 is 0.905. The number of rotatable bonds is 4. The fourth-order valence-electron chi connectivity index (χ4n) is 1.76. The number of hydrogen-bond donors (Lipinski definition) is 2. The Morgan fingerprint density at radius 1 is 1.71 bits per heavy atom. The van der Waals surface area contributed by atoms with Gasteiger partial charge in [-0.15, -0.1) is 0 Å². The Bertz CT molecular complexity index is 432. The number of hydrogen-bond acceptors (Lipinski definition) is 3. The van der Waals surface area contributed by atoms with Gasteiger partial charge < -0.3 is 11.1 Å². The van der Waals surface area contributed by atoms with Gasteiger partial charge in [0.15, 0.2) is 0 Å². The summed E-state index contributed by atoms with van der Waals surface area (Å²) in [4.78, 5) is 15.9. The molecule has 1 amide bonds. The van der Waals surface area contributed by atoms with Crippen LogP contribution in [0.2, 0.25) is 0 Å². The van der Waals surface area contributed by atoms with Crippen molar-refractivity contribution in [3.05, 3.63) is 22.3 Å². The van der Waals surface area contributed by atoms with E-state index in [-0.39, 0.29) is 11.9 Å². The predicted molar refractivity (Wildman–Crippen MR) is 70.6 cm³/mol. The highest BCUT2D eigenvalue weighted by atomic mass is 79.9. The minimum atomic E-state index is -0.0534. The molecule has 1 fully saturated rings. The van der Waals surface area contributed by atoms with E-state index in [9.17, 15) is 4.79 Å². The quantitative estimate of drug-likeness (QED) is 0.895. The molecule has 3 N–H and O–H groups in total. The molecule has 4 nitrogen and oxygen atoms in total. The van der Waals surface area contributed by atoms with Crippen LogP contribution >= 0.6 is 15.9 Å². The maximum atomic E-state index is 11.7. The lowest BCUT2D eigenvalue weighted by atomic mass is 10.1. The van der Waals surface area contributed by atoms with Crippen molar-refractivity contribution in [3.8, 4) is 0 Å². The van der Waals surface area contributed by atoms with Gasteiger partial charge in [0.2, 0.25) is 5.91 Å². The minimum absolute atomic E-state index is 0.00856. The Labute approximate surface area is 109 Å². The molecule has 1 heterocycles. The van der Waals surface area contributed by atoms with Gasteiger partial charge in [0.25, 0.3) is 0 Å². The highest BCUT2D eigenvalue weighted by Gasteiger charge is 2.29. The molecule has 1 aromatic heterocycles. The molecule has 1 unspecified atom stereocenters. The number of nitrogens with one attached hydrogen (secondary N) is 1. The van der Waals surface area contributed by atoms with E-state index < -0.39 is 0 Å². The second-order valence-corrected chi connectivity index (χ2v) is 5.49. The molecule has 1 saturated carbocycles. The van der Waals surface area contributed by atoms with Crippen molar-refractivity contribution in [2.75, 3.05) is 5.32 Å². The fourth-order valence-corrected chi connectivity index (χ4v) is 2.21. The summed E-state index contributed by atoms with van der Waals surface area (Å²) in [6.45, 7) is 1.91. The number of carbonyl (C=O) groups excluding carboxylic acids is 1. The van der Waals surface area contributed by atoms with Gasteiger partial charge in [-0.1, -0.05) is 0 Å². The van der Waals surface area contributed by atoms with Crippen molar-refractivity contribution in [2.24, 2.45) is 11.7 Å². The van der Waals surface area contributed by atoms with Crippen molar-refractivity contribution in [3.63, 3.8) is 0 Å². The second kappa shape index (κ2) is 5.14. The van der Waals surface area contributed by atoms with Gasteiger partial charge in [-0.2, -0.15) is 0 Å². The zero-order valence-electron chi connectivity index (χ0n) is 9.74. The molecule has 1 aliphatic rings. The van der Waals surface area contributed by atoms with E-state index in [0.717, 1.165) is 22.9 Å². The van der Waals surface area contributed by atoms with E-state index in [2.05, 4.69) is 26.2 Å². The zero-order valence-corrected chi connectivity index (χ0v) is 11.3. The molecular formula is C12H16BrN3O. The molecule has 2 rings (SSSR count). The van der Waals surface area contributed by atoms with Gasteiger partial charge in [0.1, 0.15) is 5.82 Å². The Hall–Kier alpha value is -0.940. The molecule has 0 bridgehead atoms. The van der Waals surface area contributed by atoms with Gasteiger partial charge in [-0.3, -0.25) is 4.79 Å². The summed E-state index contributed by atoms with van der Waals surface area (Å²) >= 11 is 3.33. The lowest BCUT2D eigenvalue weighted by Gasteiger charge is -2.11. The molecular weight excluding hydrogens is 282 g/mol. The van der Waals surface area contributed by atoms with Gasteiger partial charge in [-0.05, 0) is 53.2 Å². The Kier molecular flexibility index (Phi) is 3.79. The van der Waals surface area contributed by atoms with Crippen molar-refractivity contribution in [1.82, 2.24) is 4.98 Å². The van der Waals surface area contributed by atoms with E-state index in [1.807, 2.05) is 13.0 Å². The number of anilines is 1. The van der Waals surface area contributed by atoms with Crippen LogP contribution in [0.5, 0.6) is 0 Å². The van der Waals surface area contributed by atoms with Crippen LogP contribution in [-0.4, -0.2) is 16.9 Å². The lowest BCUT2D eigenvalue weighted by molar-refractivity contribution is -0.116. The van der Waals surface area contributed by atoms with E-state index in [4.69, 9.17) is 5.73 Å². The number of halogens is 1. The normalized spacial score (nSPS) is 16.6. The zero-order chi connectivity index (χ0) is 12.4. The molecule has 0 aliphatic heterocycles. The molecule has 0 radical (unpaired) electrons. The molecule has 0 saturated heterocycles. The summed E-state index contributed by atoms with van der Waals surface area (Å²) in [6.07, 6.45) is 4.36. The molecule has 1 aromatic rings. The first-order valence-corrected chi connectivity index (χ1v) is 6.53. The fraction of sp³-hybridized carbons (Fsp3) is 0.500. The smallest absolute Gasteiger partial charge is 0.227 e. The van der Waals surface area contributed by atoms with Crippen LogP contribution in [0, 0.1) is 12.8 Å². The Balaban J connectivity index is 1.92. The number of aryl methyl sites for hydroxylation is 1. The van der Waals surface area contributed by atoms with Crippen molar-refractivity contribution in [2.45, 2.75) is 32.2 Å². The molecule has 92 valence electrons. The van der Waals surface area contributed by atoms with E-state index in [1.165, 1.54) is 0 Å². The maximum Gasteiger partial charge on any atom is 0.227 e. The first-order chi connectivity index (χ1) is 8.06. The van der Waals surface area contributed by atoms with Crippen LogP contribution in [-0.2, 0) is 4.79 Å². The summed E-state index contributed by atoms with van der Waals surface area (Å²) in [5.41, 5.74) is 6.84. The third-order valence-electron chi connectivity index (χ3n) is 2.95.